The van der Waals surface area contributed by atoms with Crippen molar-refractivity contribution in [2.24, 2.45) is 0 Å². The number of aromatic amines is 1. The van der Waals surface area contributed by atoms with Crippen LogP contribution < -0.4 is 0 Å². The predicted molar refractivity (Wildman–Crippen MR) is 100 cm³/mol. The molecule has 5 nitrogen and oxygen atoms in total. The zero-order valence-corrected chi connectivity index (χ0v) is 15.7. The first kappa shape index (κ1) is 17.9. The van der Waals surface area contributed by atoms with Crippen LogP contribution in [0.1, 0.15) is 10.4 Å². The van der Waals surface area contributed by atoms with Gasteiger partial charge in [0.25, 0.3) is 0 Å². The predicted octanol–water partition coefficient (Wildman–Crippen LogP) is 4.20. The molecule has 3 aromatic rings. The molecular weight excluding hydrogens is 383 g/mol. The van der Waals surface area contributed by atoms with Gasteiger partial charge < -0.3 is 4.98 Å². The van der Waals surface area contributed by atoms with Gasteiger partial charge in [-0.3, -0.25) is 4.79 Å². The van der Waals surface area contributed by atoms with Crippen LogP contribution in [-0.4, -0.2) is 38.1 Å². The highest BCUT2D eigenvalue weighted by molar-refractivity contribution is 7.89. The molecule has 0 saturated carbocycles. The minimum atomic E-state index is -3.60. The Morgan fingerprint density at radius 3 is 2.36 bits per heavy atom. The average Bonchev–Trinajstić information content (AvgIpc) is 2.94. The van der Waals surface area contributed by atoms with E-state index in [4.69, 9.17) is 23.2 Å². The number of nitrogens with one attached hydrogen (secondary N) is 1. The van der Waals surface area contributed by atoms with Gasteiger partial charge in [0.2, 0.25) is 10.0 Å². The second-order valence-electron chi connectivity index (χ2n) is 5.66. The topological polar surface area (TPSA) is 70.2 Å². The summed E-state index contributed by atoms with van der Waals surface area (Å²) in [6.45, 7) is 0. The molecule has 0 unspecified atom stereocenters. The molecule has 1 N–H and O–H groups in total. The minimum Gasteiger partial charge on any atom is -0.354 e. The molecule has 0 amide bonds. The van der Waals surface area contributed by atoms with Crippen molar-refractivity contribution in [1.82, 2.24) is 9.29 Å². The van der Waals surface area contributed by atoms with Crippen LogP contribution in [0.2, 0.25) is 10.0 Å². The molecule has 8 heteroatoms. The van der Waals surface area contributed by atoms with Crippen molar-refractivity contribution in [3.63, 3.8) is 0 Å². The van der Waals surface area contributed by atoms with Gasteiger partial charge in [-0.2, -0.15) is 0 Å². The zero-order chi connectivity index (χ0) is 18.4. The molecule has 0 bridgehead atoms. The number of benzene rings is 2. The molecule has 0 fully saturated rings. The zero-order valence-electron chi connectivity index (χ0n) is 13.4. The van der Waals surface area contributed by atoms with Crippen molar-refractivity contribution >= 4 is 50.4 Å². The molecule has 0 spiro atoms. The standard InChI is InChI=1S/C17H14Cl2N2O3S/c1-21(2)25(23,24)11-4-6-16-12(8-11)13(9-22)17(20-16)10-3-5-14(18)15(19)7-10/h3-9,20H,1-2H3. The molecule has 0 aliphatic carbocycles. The number of sulfonamides is 1. The third-order valence-electron chi connectivity index (χ3n) is 3.91. The van der Waals surface area contributed by atoms with Crippen LogP contribution in [0.15, 0.2) is 41.3 Å². The summed E-state index contributed by atoms with van der Waals surface area (Å²) in [5.74, 6) is 0. The third-order valence-corrected chi connectivity index (χ3v) is 6.47. The van der Waals surface area contributed by atoms with Gasteiger partial charge >= 0.3 is 0 Å². The first-order valence-electron chi connectivity index (χ1n) is 7.24. The fraction of sp³-hybridized carbons (Fsp3) is 0.118. The summed E-state index contributed by atoms with van der Waals surface area (Å²) in [6.07, 6.45) is 0.697. The number of aromatic nitrogens is 1. The van der Waals surface area contributed by atoms with E-state index in [9.17, 15) is 13.2 Å². The molecule has 0 aliphatic rings. The Labute approximate surface area is 155 Å². The number of nitrogens with zero attached hydrogens (tertiary/aromatic N) is 1. The third kappa shape index (κ3) is 3.06. The number of carbonyl (C=O) groups is 1. The van der Waals surface area contributed by atoms with Crippen molar-refractivity contribution in [2.45, 2.75) is 4.90 Å². The van der Waals surface area contributed by atoms with Crippen molar-refractivity contribution < 1.29 is 13.2 Å². The first-order chi connectivity index (χ1) is 11.8. The number of hydrogen-bond acceptors (Lipinski definition) is 3. The van der Waals surface area contributed by atoms with Crippen LogP contribution >= 0.6 is 23.2 Å². The molecule has 130 valence electrons. The van der Waals surface area contributed by atoms with Crippen molar-refractivity contribution in [1.29, 1.82) is 0 Å². The van der Waals surface area contributed by atoms with Crippen LogP contribution in [0.5, 0.6) is 0 Å². The van der Waals surface area contributed by atoms with E-state index in [2.05, 4.69) is 4.98 Å². The van der Waals surface area contributed by atoms with E-state index in [0.717, 1.165) is 4.31 Å². The lowest BCUT2D eigenvalue weighted by Crippen LogP contribution is -2.22. The van der Waals surface area contributed by atoms with Gasteiger partial charge in [0.05, 0.1) is 20.6 Å². The van der Waals surface area contributed by atoms with Gasteiger partial charge in [-0.1, -0.05) is 29.3 Å². The molecular formula is C17H14Cl2N2O3S. The van der Waals surface area contributed by atoms with Gasteiger partial charge in [0.15, 0.2) is 6.29 Å². The molecule has 0 aliphatic heterocycles. The summed E-state index contributed by atoms with van der Waals surface area (Å²) in [6, 6.07) is 9.66. The van der Waals surface area contributed by atoms with Crippen molar-refractivity contribution in [2.75, 3.05) is 14.1 Å². The van der Waals surface area contributed by atoms with E-state index in [1.54, 1.807) is 24.3 Å². The van der Waals surface area contributed by atoms with Gasteiger partial charge in [-0.25, -0.2) is 12.7 Å². The highest BCUT2D eigenvalue weighted by atomic mass is 35.5. The van der Waals surface area contributed by atoms with Crippen LogP contribution in [0, 0.1) is 0 Å². The molecule has 0 saturated heterocycles. The van der Waals surface area contributed by atoms with Crippen LogP contribution in [0.4, 0.5) is 0 Å². The molecule has 2 aromatic carbocycles. The molecule has 1 aromatic heterocycles. The Hall–Kier alpha value is -1.86. The Bertz CT molecular complexity index is 1090. The van der Waals surface area contributed by atoms with Gasteiger partial charge in [0, 0.05) is 36.1 Å². The lowest BCUT2D eigenvalue weighted by molar-refractivity contribution is 0.112. The Balaban J connectivity index is 2.26. The summed E-state index contributed by atoms with van der Waals surface area (Å²) in [5.41, 5.74) is 2.26. The lowest BCUT2D eigenvalue weighted by Gasteiger charge is -2.11. The van der Waals surface area contributed by atoms with Crippen LogP contribution in [0.25, 0.3) is 22.2 Å². The van der Waals surface area contributed by atoms with Gasteiger partial charge in [-0.15, -0.1) is 0 Å². The normalized spacial score (nSPS) is 12.0. The second kappa shape index (κ2) is 6.46. The Morgan fingerprint density at radius 2 is 1.76 bits per heavy atom. The van der Waals surface area contributed by atoms with E-state index in [-0.39, 0.29) is 4.90 Å². The monoisotopic (exact) mass is 396 g/mol. The molecule has 1 heterocycles. The number of fused-ring (bicyclic) bond motifs is 1. The van der Waals surface area contributed by atoms with E-state index < -0.39 is 10.0 Å². The van der Waals surface area contributed by atoms with E-state index in [1.165, 1.54) is 26.2 Å². The highest BCUT2D eigenvalue weighted by Gasteiger charge is 2.20. The maximum Gasteiger partial charge on any atom is 0.242 e. The Morgan fingerprint density at radius 1 is 1.04 bits per heavy atom. The SMILES string of the molecule is CN(C)S(=O)(=O)c1ccc2[nH]c(-c3ccc(Cl)c(Cl)c3)c(C=O)c2c1. The highest BCUT2D eigenvalue weighted by Crippen LogP contribution is 2.34. The molecule has 0 atom stereocenters. The second-order valence-corrected chi connectivity index (χ2v) is 8.62. The lowest BCUT2D eigenvalue weighted by atomic mass is 10.1. The average molecular weight is 397 g/mol. The van der Waals surface area contributed by atoms with Crippen LogP contribution in [-0.2, 0) is 10.0 Å². The van der Waals surface area contributed by atoms with Gasteiger partial charge in [0.1, 0.15) is 0 Å². The van der Waals surface area contributed by atoms with E-state index in [1.807, 2.05) is 0 Å². The molecule has 3 rings (SSSR count). The minimum absolute atomic E-state index is 0.118. The summed E-state index contributed by atoms with van der Waals surface area (Å²) in [5, 5.41) is 1.30. The van der Waals surface area contributed by atoms with Crippen molar-refractivity contribution in [3.8, 4) is 11.3 Å². The number of rotatable bonds is 4. The number of hydrogen-bond donors (Lipinski definition) is 1. The number of halogens is 2. The maximum absolute atomic E-state index is 12.3. The largest absolute Gasteiger partial charge is 0.354 e. The first-order valence-corrected chi connectivity index (χ1v) is 9.44. The summed E-state index contributed by atoms with van der Waals surface area (Å²) >= 11 is 12.0. The van der Waals surface area contributed by atoms with Gasteiger partial charge in [-0.05, 0) is 30.3 Å². The Kier molecular flexibility index (Phi) is 4.64. The fourth-order valence-corrected chi connectivity index (χ4v) is 3.79. The summed E-state index contributed by atoms with van der Waals surface area (Å²) < 4.78 is 25.8. The van der Waals surface area contributed by atoms with E-state index in [0.29, 0.717) is 44.1 Å². The molecule has 25 heavy (non-hydrogen) atoms. The summed E-state index contributed by atoms with van der Waals surface area (Å²) in [4.78, 5) is 14.9. The smallest absolute Gasteiger partial charge is 0.242 e. The number of H-pyrrole nitrogens is 1. The molecule has 0 radical (unpaired) electrons. The number of aldehydes is 1. The van der Waals surface area contributed by atoms with Crippen LogP contribution in [0.3, 0.4) is 0 Å². The number of carbonyl (C=O) groups excluding carboxylic acids is 1. The summed E-state index contributed by atoms with van der Waals surface area (Å²) in [7, 11) is -0.683. The van der Waals surface area contributed by atoms with Crippen molar-refractivity contribution in [3.05, 3.63) is 52.0 Å². The fourth-order valence-electron chi connectivity index (χ4n) is 2.56. The maximum atomic E-state index is 12.3. The quantitative estimate of drug-likeness (QED) is 0.671. The van der Waals surface area contributed by atoms with E-state index >= 15 is 0 Å².